The van der Waals surface area contributed by atoms with Crippen LogP contribution in [0.1, 0.15) is 51.4 Å². The predicted octanol–water partition coefficient (Wildman–Crippen LogP) is 2.17. The van der Waals surface area contributed by atoms with Crippen molar-refractivity contribution in [1.82, 2.24) is 10.2 Å². The summed E-state index contributed by atoms with van der Waals surface area (Å²) in [6, 6.07) is 0.0850. The standard InChI is InChI=1S/C16H26N2O/c1-17-14-3-2-4-18(15(14)19)16-8-11-5-12(9-16)7-13(6-11)10-16/h11-14,17H,2-10H2,1H3. The molecule has 1 amide bonds. The number of carbonyl (C=O) groups excluding carboxylic acids is 1. The molecule has 0 radical (unpaired) electrons. The van der Waals surface area contributed by atoms with E-state index in [0.29, 0.717) is 5.91 Å². The minimum Gasteiger partial charge on any atom is -0.336 e. The monoisotopic (exact) mass is 262 g/mol. The number of likely N-dealkylation sites (tertiary alicyclic amines) is 1. The molecular formula is C16H26N2O. The number of nitrogens with one attached hydrogen (secondary N) is 1. The fourth-order valence-electron chi connectivity index (χ4n) is 6.01. The Morgan fingerprint density at radius 2 is 1.68 bits per heavy atom. The number of carbonyl (C=O) groups is 1. The first kappa shape index (κ1) is 12.2. The Morgan fingerprint density at radius 1 is 1.11 bits per heavy atom. The molecule has 4 saturated carbocycles. The van der Waals surface area contributed by atoms with Crippen LogP contribution in [0, 0.1) is 17.8 Å². The molecule has 19 heavy (non-hydrogen) atoms. The van der Waals surface area contributed by atoms with Crippen molar-refractivity contribution in [1.29, 1.82) is 0 Å². The van der Waals surface area contributed by atoms with Gasteiger partial charge < -0.3 is 10.2 Å². The summed E-state index contributed by atoms with van der Waals surface area (Å²) in [5.74, 6) is 3.17. The van der Waals surface area contributed by atoms with Crippen LogP contribution < -0.4 is 5.32 Å². The summed E-state index contributed by atoms with van der Waals surface area (Å²) < 4.78 is 0. The molecule has 3 nitrogen and oxygen atoms in total. The van der Waals surface area contributed by atoms with Crippen LogP contribution in [0.25, 0.3) is 0 Å². The highest BCUT2D eigenvalue weighted by Crippen LogP contribution is 2.58. The number of piperidine rings is 1. The molecule has 4 aliphatic carbocycles. The molecule has 0 aromatic rings. The lowest BCUT2D eigenvalue weighted by molar-refractivity contribution is -0.156. The van der Waals surface area contributed by atoms with Gasteiger partial charge in [-0.25, -0.2) is 0 Å². The first-order chi connectivity index (χ1) is 9.20. The van der Waals surface area contributed by atoms with Crippen LogP contribution >= 0.6 is 0 Å². The largest absolute Gasteiger partial charge is 0.336 e. The van der Waals surface area contributed by atoms with Gasteiger partial charge in [0.1, 0.15) is 0 Å². The fraction of sp³-hybridized carbons (Fsp3) is 0.938. The van der Waals surface area contributed by atoms with Gasteiger partial charge in [-0.3, -0.25) is 4.79 Å². The van der Waals surface area contributed by atoms with E-state index in [1.807, 2.05) is 7.05 Å². The first-order valence-electron chi connectivity index (χ1n) is 8.19. The number of nitrogens with zero attached hydrogens (tertiary/aromatic N) is 1. The molecule has 3 heteroatoms. The minimum absolute atomic E-state index is 0.0850. The second-order valence-corrected chi connectivity index (χ2v) is 7.62. The van der Waals surface area contributed by atoms with Gasteiger partial charge in [-0.1, -0.05) is 0 Å². The molecule has 1 aliphatic heterocycles. The topological polar surface area (TPSA) is 32.3 Å². The molecule has 4 bridgehead atoms. The van der Waals surface area contributed by atoms with Gasteiger partial charge in [0.05, 0.1) is 6.04 Å². The van der Waals surface area contributed by atoms with E-state index in [1.165, 1.54) is 44.9 Å². The van der Waals surface area contributed by atoms with Gasteiger partial charge in [0.15, 0.2) is 0 Å². The van der Waals surface area contributed by atoms with E-state index in [1.54, 1.807) is 0 Å². The maximum absolute atomic E-state index is 12.7. The molecule has 1 N–H and O–H groups in total. The minimum atomic E-state index is 0.0850. The number of hydrogen-bond donors (Lipinski definition) is 1. The van der Waals surface area contributed by atoms with Crippen LogP contribution in [-0.2, 0) is 4.79 Å². The summed E-state index contributed by atoms with van der Waals surface area (Å²) in [6.07, 6.45) is 10.5. The summed E-state index contributed by atoms with van der Waals surface area (Å²) in [5.41, 5.74) is 0.265. The van der Waals surface area contributed by atoms with Gasteiger partial charge in [-0.15, -0.1) is 0 Å². The van der Waals surface area contributed by atoms with Crippen molar-refractivity contribution >= 4 is 5.91 Å². The van der Waals surface area contributed by atoms with Crippen LogP contribution in [0.3, 0.4) is 0 Å². The van der Waals surface area contributed by atoms with E-state index in [-0.39, 0.29) is 11.6 Å². The molecule has 1 atom stereocenters. The molecule has 1 saturated heterocycles. The van der Waals surface area contributed by atoms with Gasteiger partial charge >= 0.3 is 0 Å². The first-order valence-corrected chi connectivity index (χ1v) is 8.19. The zero-order valence-corrected chi connectivity index (χ0v) is 12.0. The highest BCUT2D eigenvalue weighted by molar-refractivity contribution is 5.83. The van der Waals surface area contributed by atoms with Gasteiger partial charge in [-0.2, -0.15) is 0 Å². The van der Waals surface area contributed by atoms with Gasteiger partial charge in [0.2, 0.25) is 5.91 Å². The zero-order valence-electron chi connectivity index (χ0n) is 12.0. The third kappa shape index (κ3) is 1.77. The molecule has 5 aliphatic rings. The quantitative estimate of drug-likeness (QED) is 0.827. The SMILES string of the molecule is CNC1CCCN(C23CC4CC(CC(C4)C2)C3)C1=O. The lowest BCUT2D eigenvalue weighted by Gasteiger charge is -2.61. The van der Waals surface area contributed by atoms with Crippen molar-refractivity contribution in [2.75, 3.05) is 13.6 Å². The molecule has 0 spiro atoms. The number of likely N-dealkylation sites (N-methyl/N-ethyl adjacent to an activating group) is 1. The van der Waals surface area contributed by atoms with Crippen LogP contribution in [0.15, 0.2) is 0 Å². The molecule has 106 valence electrons. The summed E-state index contributed by atoms with van der Waals surface area (Å²) in [5, 5.41) is 3.22. The van der Waals surface area contributed by atoms with E-state index in [9.17, 15) is 4.79 Å². The zero-order chi connectivity index (χ0) is 13.0. The third-order valence-corrected chi connectivity index (χ3v) is 6.37. The molecule has 5 fully saturated rings. The van der Waals surface area contributed by atoms with E-state index >= 15 is 0 Å². The normalized spacial score (nSPS) is 48.9. The summed E-state index contributed by atoms with van der Waals surface area (Å²) in [6.45, 7) is 1.02. The highest BCUT2D eigenvalue weighted by Gasteiger charge is 2.55. The Balaban J connectivity index is 1.62. The van der Waals surface area contributed by atoms with Gasteiger partial charge in [0, 0.05) is 12.1 Å². The number of rotatable bonds is 2. The maximum Gasteiger partial charge on any atom is 0.240 e. The van der Waals surface area contributed by atoms with Crippen molar-refractivity contribution in [3.63, 3.8) is 0 Å². The van der Waals surface area contributed by atoms with E-state index in [0.717, 1.165) is 30.7 Å². The lowest BCUT2D eigenvalue weighted by Crippen LogP contribution is -2.65. The molecular weight excluding hydrogens is 236 g/mol. The fourth-order valence-corrected chi connectivity index (χ4v) is 6.01. The molecule has 1 unspecified atom stereocenters. The predicted molar refractivity (Wildman–Crippen MR) is 74.7 cm³/mol. The molecule has 5 rings (SSSR count). The van der Waals surface area contributed by atoms with Crippen LogP contribution in [0.5, 0.6) is 0 Å². The van der Waals surface area contributed by atoms with Crippen molar-refractivity contribution in [2.24, 2.45) is 17.8 Å². The second kappa shape index (κ2) is 4.21. The van der Waals surface area contributed by atoms with Crippen molar-refractivity contribution < 1.29 is 4.79 Å². The smallest absolute Gasteiger partial charge is 0.240 e. The third-order valence-electron chi connectivity index (χ3n) is 6.37. The van der Waals surface area contributed by atoms with Crippen LogP contribution in [0.4, 0.5) is 0 Å². The Kier molecular flexibility index (Phi) is 2.70. The van der Waals surface area contributed by atoms with Crippen LogP contribution in [-0.4, -0.2) is 36.0 Å². The van der Waals surface area contributed by atoms with Crippen molar-refractivity contribution in [2.45, 2.75) is 62.9 Å². The summed E-state index contributed by atoms with van der Waals surface area (Å²) in [4.78, 5) is 15.1. The second-order valence-electron chi connectivity index (χ2n) is 7.62. The van der Waals surface area contributed by atoms with E-state index in [4.69, 9.17) is 0 Å². The number of hydrogen-bond acceptors (Lipinski definition) is 2. The van der Waals surface area contributed by atoms with Crippen LogP contribution in [0.2, 0.25) is 0 Å². The number of amides is 1. The lowest BCUT2D eigenvalue weighted by atomic mass is 9.52. The maximum atomic E-state index is 12.7. The van der Waals surface area contributed by atoms with Gasteiger partial charge in [0.25, 0.3) is 0 Å². The molecule has 0 aromatic heterocycles. The average Bonchev–Trinajstić information content (AvgIpc) is 2.37. The van der Waals surface area contributed by atoms with Gasteiger partial charge in [-0.05, 0) is 76.2 Å². The van der Waals surface area contributed by atoms with Crippen molar-refractivity contribution in [3.8, 4) is 0 Å². The summed E-state index contributed by atoms with van der Waals surface area (Å²) in [7, 11) is 1.94. The molecule has 0 aromatic carbocycles. The summed E-state index contributed by atoms with van der Waals surface area (Å²) >= 11 is 0. The molecule has 1 heterocycles. The van der Waals surface area contributed by atoms with E-state index < -0.39 is 0 Å². The Morgan fingerprint density at radius 3 is 2.21 bits per heavy atom. The van der Waals surface area contributed by atoms with Crippen molar-refractivity contribution in [3.05, 3.63) is 0 Å². The Labute approximate surface area is 116 Å². The Bertz CT molecular complexity index is 357. The average molecular weight is 262 g/mol. The van der Waals surface area contributed by atoms with E-state index in [2.05, 4.69) is 10.2 Å². The highest BCUT2D eigenvalue weighted by atomic mass is 16.2. The Hall–Kier alpha value is -0.570.